The molecule has 1 aromatic rings. The van der Waals surface area contributed by atoms with Crippen molar-refractivity contribution in [3.05, 3.63) is 29.3 Å². The van der Waals surface area contributed by atoms with Gasteiger partial charge in [0, 0.05) is 25.2 Å². The van der Waals surface area contributed by atoms with Gasteiger partial charge >= 0.3 is 6.18 Å². The second kappa shape index (κ2) is 5.21. The van der Waals surface area contributed by atoms with Crippen molar-refractivity contribution in [3.63, 3.8) is 0 Å². The Bertz CT molecular complexity index is 406. The summed E-state index contributed by atoms with van der Waals surface area (Å²) < 4.78 is 36.9. The minimum atomic E-state index is -4.08. The van der Waals surface area contributed by atoms with E-state index in [2.05, 4.69) is 4.90 Å². The molecular formula is C14H18F3N. The lowest BCUT2D eigenvalue weighted by molar-refractivity contribution is -0.133. The molecule has 0 atom stereocenters. The Kier molecular flexibility index (Phi) is 3.83. The third-order valence-corrected chi connectivity index (χ3v) is 3.37. The van der Waals surface area contributed by atoms with Crippen molar-refractivity contribution in [3.8, 4) is 0 Å². The van der Waals surface area contributed by atoms with Crippen LogP contribution in [0.15, 0.2) is 18.2 Å². The first-order valence-corrected chi connectivity index (χ1v) is 6.37. The Hall–Kier alpha value is -1.19. The molecule has 1 nitrogen and oxygen atoms in total. The molecule has 1 heterocycles. The van der Waals surface area contributed by atoms with Crippen molar-refractivity contribution in [2.24, 2.45) is 0 Å². The summed E-state index contributed by atoms with van der Waals surface area (Å²) in [5.41, 5.74) is 2.92. The maximum atomic E-state index is 12.3. The van der Waals surface area contributed by atoms with Crippen LogP contribution in [-0.2, 0) is 6.42 Å². The fourth-order valence-corrected chi connectivity index (χ4v) is 2.41. The van der Waals surface area contributed by atoms with Crippen molar-refractivity contribution >= 4 is 5.69 Å². The van der Waals surface area contributed by atoms with E-state index in [1.54, 1.807) is 0 Å². The zero-order valence-corrected chi connectivity index (χ0v) is 10.6. The van der Waals surface area contributed by atoms with Crippen LogP contribution in [0.25, 0.3) is 0 Å². The molecule has 0 unspecified atom stereocenters. The SMILES string of the molecule is Cc1ccc(CCC(F)(F)F)c(N2CCCC2)c1. The summed E-state index contributed by atoms with van der Waals surface area (Å²) in [5, 5.41) is 0. The molecular weight excluding hydrogens is 239 g/mol. The molecule has 0 N–H and O–H groups in total. The molecule has 0 radical (unpaired) electrons. The van der Waals surface area contributed by atoms with Gasteiger partial charge in [-0.1, -0.05) is 12.1 Å². The molecule has 0 amide bonds. The highest BCUT2D eigenvalue weighted by atomic mass is 19.4. The van der Waals surface area contributed by atoms with Crippen molar-refractivity contribution in [2.45, 2.75) is 38.8 Å². The molecule has 0 aromatic heterocycles. The molecule has 2 rings (SSSR count). The van der Waals surface area contributed by atoms with Crippen LogP contribution >= 0.6 is 0 Å². The van der Waals surface area contributed by atoms with Gasteiger partial charge < -0.3 is 4.90 Å². The molecule has 18 heavy (non-hydrogen) atoms. The molecule has 1 saturated heterocycles. The van der Waals surface area contributed by atoms with Gasteiger partial charge in [-0.3, -0.25) is 0 Å². The number of aryl methyl sites for hydroxylation is 2. The van der Waals surface area contributed by atoms with Gasteiger partial charge in [-0.15, -0.1) is 0 Å². The standard InChI is InChI=1S/C14H18F3N/c1-11-4-5-12(6-7-14(15,16)17)13(10-11)18-8-2-3-9-18/h4-5,10H,2-3,6-9H2,1H3. The lowest BCUT2D eigenvalue weighted by atomic mass is 10.0. The van der Waals surface area contributed by atoms with E-state index in [0.717, 1.165) is 42.7 Å². The number of anilines is 1. The maximum absolute atomic E-state index is 12.3. The van der Waals surface area contributed by atoms with E-state index in [4.69, 9.17) is 0 Å². The zero-order valence-electron chi connectivity index (χ0n) is 10.6. The lowest BCUT2D eigenvalue weighted by Crippen LogP contribution is -2.20. The van der Waals surface area contributed by atoms with Crippen LogP contribution in [0.2, 0.25) is 0 Å². The number of alkyl halides is 3. The monoisotopic (exact) mass is 257 g/mol. The van der Waals surface area contributed by atoms with E-state index in [9.17, 15) is 13.2 Å². The molecule has 0 bridgehead atoms. The van der Waals surface area contributed by atoms with Gasteiger partial charge in [0.25, 0.3) is 0 Å². The number of benzene rings is 1. The van der Waals surface area contributed by atoms with E-state index < -0.39 is 12.6 Å². The van der Waals surface area contributed by atoms with Crippen LogP contribution in [0.5, 0.6) is 0 Å². The predicted molar refractivity (Wildman–Crippen MR) is 67.0 cm³/mol. The molecule has 100 valence electrons. The fraction of sp³-hybridized carbons (Fsp3) is 0.571. The number of hydrogen-bond acceptors (Lipinski definition) is 1. The predicted octanol–water partition coefficient (Wildman–Crippen LogP) is 4.09. The van der Waals surface area contributed by atoms with E-state index >= 15 is 0 Å². The number of rotatable bonds is 3. The topological polar surface area (TPSA) is 3.24 Å². The summed E-state index contributed by atoms with van der Waals surface area (Å²) in [4.78, 5) is 2.21. The summed E-state index contributed by atoms with van der Waals surface area (Å²) in [6, 6.07) is 5.75. The molecule has 0 aliphatic carbocycles. The lowest BCUT2D eigenvalue weighted by Gasteiger charge is -2.22. The van der Waals surface area contributed by atoms with Crippen LogP contribution in [-0.4, -0.2) is 19.3 Å². The Balaban J connectivity index is 2.17. The van der Waals surface area contributed by atoms with Crippen molar-refractivity contribution in [2.75, 3.05) is 18.0 Å². The van der Waals surface area contributed by atoms with Gasteiger partial charge in [0.1, 0.15) is 0 Å². The second-order valence-corrected chi connectivity index (χ2v) is 4.94. The number of hydrogen-bond donors (Lipinski definition) is 0. The van der Waals surface area contributed by atoms with Gasteiger partial charge in [0.15, 0.2) is 0 Å². The first-order valence-electron chi connectivity index (χ1n) is 6.37. The maximum Gasteiger partial charge on any atom is 0.389 e. The Morgan fingerprint density at radius 1 is 1.17 bits per heavy atom. The highest BCUT2D eigenvalue weighted by Gasteiger charge is 2.27. The van der Waals surface area contributed by atoms with Crippen LogP contribution < -0.4 is 4.90 Å². The van der Waals surface area contributed by atoms with Gasteiger partial charge in [-0.2, -0.15) is 13.2 Å². The van der Waals surface area contributed by atoms with Crippen molar-refractivity contribution in [1.82, 2.24) is 0 Å². The summed E-state index contributed by atoms with van der Waals surface area (Å²) in [6.45, 7) is 3.90. The molecule has 1 aliphatic heterocycles. The van der Waals surface area contributed by atoms with E-state index in [0.29, 0.717) is 0 Å². The first-order chi connectivity index (χ1) is 8.46. The average Bonchev–Trinajstić information content (AvgIpc) is 2.79. The van der Waals surface area contributed by atoms with Crippen molar-refractivity contribution < 1.29 is 13.2 Å². The third kappa shape index (κ3) is 3.40. The quantitative estimate of drug-likeness (QED) is 0.788. The van der Waals surface area contributed by atoms with Crippen LogP contribution in [0.1, 0.15) is 30.4 Å². The number of nitrogens with zero attached hydrogens (tertiary/aromatic N) is 1. The molecule has 0 saturated carbocycles. The highest BCUT2D eigenvalue weighted by Crippen LogP contribution is 2.29. The Morgan fingerprint density at radius 3 is 2.44 bits per heavy atom. The van der Waals surface area contributed by atoms with Gasteiger partial charge in [-0.25, -0.2) is 0 Å². The summed E-state index contributed by atoms with van der Waals surface area (Å²) in [5.74, 6) is 0. The normalized spacial score (nSPS) is 16.3. The molecule has 4 heteroatoms. The van der Waals surface area contributed by atoms with Crippen LogP contribution in [0.4, 0.5) is 18.9 Å². The van der Waals surface area contributed by atoms with E-state index in [-0.39, 0.29) is 6.42 Å². The highest BCUT2D eigenvalue weighted by molar-refractivity contribution is 5.56. The summed E-state index contributed by atoms with van der Waals surface area (Å²) in [7, 11) is 0. The molecule has 1 fully saturated rings. The largest absolute Gasteiger partial charge is 0.389 e. The van der Waals surface area contributed by atoms with Gasteiger partial charge in [-0.05, 0) is 43.4 Å². The molecule has 1 aliphatic rings. The zero-order chi connectivity index (χ0) is 13.2. The minimum Gasteiger partial charge on any atom is -0.371 e. The smallest absolute Gasteiger partial charge is 0.371 e. The fourth-order valence-electron chi connectivity index (χ4n) is 2.41. The average molecular weight is 257 g/mol. The van der Waals surface area contributed by atoms with Gasteiger partial charge in [0.05, 0.1) is 0 Å². The van der Waals surface area contributed by atoms with E-state index in [1.807, 2.05) is 25.1 Å². The second-order valence-electron chi connectivity index (χ2n) is 4.94. The summed E-state index contributed by atoms with van der Waals surface area (Å²) >= 11 is 0. The van der Waals surface area contributed by atoms with Crippen LogP contribution in [0.3, 0.4) is 0 Å². The summed E-state index contributed by atoms with van der Waals surface area (Å²) in [6.07, 6.45) is -2.47. The van der Waals surface area contributed by atoms with Crippen LogP contribution in [0, 0.1) is 6.92 Å². The van der Waals surface area contributed by atoms with E-state index in [1.165, 1.54) is 0 Å². The minimum absolute atomic E-state index is 0.0790. The molecule has 1 aromatic carbocycles. The Labute approximate surface area is 106 Å². The number of halogens is 3. The Morgan fingerprint density at radius 2 is 1.83 bits per heavy atom. The van der Waals surface area contributed by atoms with Gasteiger partial charge in [0.2, 0.25) is 0 Å². The molecule has 0 spiro atoms. The third-order valence-electron chi connectivity index (χ3n) is 3.37. The van der Waals surface area contributed by atoms with Crippen molar-refractivity contribution in [1.29, 1.82) is 0 Å². The first kappa shape index (κ1) is 13.2.